The summed E-state index contributed by atoms with van der Waals surface area (Å²) in [4.78, 5) is 13.7. The molecule has 2 aromatic carbocycles. The maximum absolute atomic E-state index is 12.5. The maximum Gasteiger partial charge on any atom is 0.248 e. The monoisotopic (exact) mass is 421 g/mol. The first-order valence-corrected chi connectivity index (χ1v) is 9.75. The molecule has 1 N–H and O–H groups in total. The van der Waals surface area contributed by atoms with Crippen LogP contribution in [0, 0.1) is 0 Å². The zero-order valence-electron chi connectivity index (χ0n) is 15.7. The van der Waals surface area contributed by atoms with Crippen molar-refractivity contribution in [1.29, 1.82) is 0 Å². The molecule has 0 bridgehead atoms. The highest BCUT2D eigenvalue weighted by Crippen LogP contribution is 2.36. The number of carbonyl (C=O) groups excluding carboxylic acids is 1. The lowest BCUT2D eigenvalue weighted by Gasteiger charge is -2.07. The van der Waals surface area contributed by atoms with Gasteiger partial charge < -0.3 is 5.32 Å². The van der Waals surface area contributed by atoms with E-state index in [4.69, 9.17) is 11.6 Å². The van der Waals surface area contributed by atoms with Gasteiger partial charge in [0.05, 0.1) is 6.04 Å². The number of tetrazole rings is 2. The fourth-order valence-electron chi connectivity index (χ4n) is 3.04. The van der Waals surface area contributed by atoms with E-state index in [-0.39, 0.29) is 12.5 Å². The summed E-state index contributed by atoms with van der Waals surface area (Å²) in [5.41, 5.74) is 2.25. The second-order valence-electron chi connectivity index (χ2n) is 6.96. The van der Waals surface area contributed by atoms with Crippen LogP contribution in [0.2, 0.25) is 5.02 Å². The lowest BCUT2D eigenvalue weighted by molar-refractivity contribution is -0.117. The number of hydrogen-bond acceptors (Lipinski definition) is 7. The Bertz CT molecular complexity index is 1200. The molecule has 0 saturated heterocycles. The molecule has 1 aliphatic rings. The predicted molar refractivity (Wildman–Crippen MR) is 108 cm³/mol. The Hall–Kier alpha value is -3.66. The fraction of sp³-hybridized carbons (Fsp3) is 0.211. The van der Waals surface area contributed by atoms with E-state index in [1.54, 1.807) is 30.3 Å². The number of nitrogens with one attached hydrogen (secondary N) is 1. The van der Waals surface area contributed by atoms with Gasteiger partial charge in [-0.2, -0.15) is 4.80 Å². The number of nitrogens with zero attached hydrogens (tertiary/aromatic N) is 8. The van der Waals surface area contributed by atoms with Gasteiger partial charge in [0.2, 0.25) is 11.7 Å². The van der Waals surface area contributed by atoms with Crippen molar-refractivity contribution in [2.24, 2.45) is 0 Å². The van der Waals surface area contributed by atoms with Crippen molar-refractivity contribution in [2.75, 3.05) is 5.32 Å². The second-order valence-corrected chi connectivity index (χ2v) is 7.39. The molecule has 1 fully saturated rings. The van der Waals surface area contributed by atoms with E-state index < -0.39 is 0 Å². The van der Waals surface area contributed by atoms with Gasteiger partial charge >= 0.3 is 0 Å². The van der Waals surface area contributed by atoms with E-state index in [0.717, 1.165) is 24.0 Å². The normalized spacial score (nSPS) is 13.4. The topological polar surface area (TPSA) is 116 Å². The maximum atomic E-state index is 12.5. The highest BCUT2D eigenvalue weighted by Gasteiger charge is 2.28. The van der Waals surface area contributed by atoms with Crippen LogP contribution in [0.5, 0.6) is 0 Å². The fourth-order valence-corrected chi connectivity index (χ4v) is 3.16. The Morgan fingerprint density at radius 3 is 2.70 bits per heavy atom. The number of halogens is 1. The molecule has 0 spiro atoms. The van der Waals surface area contributed by atoms with Crippen LogP contribution in [0.25, 0.3) is 22.8 Å². The van der Waals surface area contributed by atoms with E-state index in [9.17, 15) is 4.79 Å². The quantitative estimate of drug-likeness (QED) is 0.508. The number of rotatable bonds is 6. The van der Waals surface area contributed by atoms with E-state index >= 15 is 0 Å². The molecule has 0 aliphatic heterocycles. The molecule has 2 heterocycles. The summed E-state index contributed by atoms with van der Waals surface area (Å²) < 4.78 is 1.83. The van der Waals surface area contributed by atoms with Crippen LogP contribution < -0.4 is 5.32 Å². The van der Waals surface area contributed by atoms with Gasteiger partial charge in [-0.25, -0.2) is 4.68 Å². The smallest absolute Gasteiger partial charge is 0.248 e. The zero-order chi connectivity index (χ0) is 20.5. The largest absolute Gasteiger partial charge is 0.324 e. The number of anilines is 1. The third-order valence-electron chi connectivity index (χ3n) is 4.63. The Kier molecular flexibility index (Phi) is 4.68. The highest BCUT2D eigenvalue weighted by atomic mass is 35.5. The third kappa shape index (κ3) is 3.90. The predicted octanol–water partition coefficient (Wildman–Crippen LogP) is 2.62. The SMILES string of the molecule is O=C(Cn1nnc(-c2ccc(Cl)cc2)n1)Nc1cccc(-c2nnnn2C2CC2)c1. The molecule has 1 aliphatic carbocycles. The van der Waals surface area contributed by atoms with E-state index in [1.807, 2.05) is 22.9 Å². The van der Waals surface area contributed by atoms with Crippen LogP contribution in [-0.4, -0.2) is 46.3 Å². The van der Waals surface area contributed by atoms with Gasteiger partial charge in [-0.05, 0) is 64.9 Å². The molecule has 0 atom stereocenters. The number of carbonyl (C=O) groups is 1. The third-order valence-corrected chi connectivity index (χ3v) is 4.88. The molecule has 1 saturated carbocycles. The number of aromatic nitrogens is 8. The van der Waals surface area contributed by atoms with Crippen molar-refractivity contribution < 1.29 is 4.79 Å². The summed E-state index contributed by atoms with van der Waals surface area (Å²) in [6.07, 6.45) is 2.16. The van der Waals surface area contributed by atoms with Gasteiger partial charge in [-0.3, -0.25) is 4.79 Å². The average Bonchev–Trinajstić information content (AvgIpc) is 3.28. The number of benzene rings is 2. The first kappa shape index (κ1) is 18.4. The summed E-state index contributed by atoms with van der Waals surface area (Å²) in [5.74, 6) is 0.849. The Morgan fingerprint density at radius 2 is 1.90 bits per heavy atom. The average molecular weight is 422 g/mol. The van der Waals surface area contributed by atoms with Crippen molar-refractivity contribution in [2.45, 2.75) is 25.4 Å². The molecule has 0 unspecified atom stereocenters. The minimum atomic E-state index is -0.269. The molecule has 4 aromatic rings. The van der Waals surface area contributed by atoms with E-state index in [1.165, 1.54) is 4.80 Å². The molecule has 11 heteroatoms. The minimum absolute atomic E-state index is 0.0649. The van der Waals surface area contributed by atoms with Crippen molar-refractivity contribution >= 4 is 23.2 Å². The summed E-state index contributed by atoms with van der Waals surface area (Å²) in [5, 5.41) is 27.6. The molecule has 5 rings (SSSR count). The van der Waals surface area contributed by atoms with Gasteiger partial charge in [0, 0.05) is 21.8 Å². The highest BCUT2D eigenvalue weighted by molar-refractivity contribution is 6.30. The van der Waals surface area contributed by atoms with Crippen molar-refractivity contribution in [3.8, 4) is 22.8 Å². The lowest BCUT2D eigenvalue weighted by atomic mass is 10.2. The standard InChI is InChI=1S/C19H16ClN9O/c20-14-6-4-12(5-7-14)18-22-26-28(24-18)11-17(30)21-15-3-1-2-13(10-15)19-23-25-27-29(19)16-8-9-16/h1-7,10,16H,8-9,11H2,(H,21,30). The molecule has 150 valence electrons. The van der Waals surface area contributed by atoms with Crippen LogP contribution in [0.15, 0.2) is 48.5 Å². The molecular weight excluding hydrogens is 406 g/mol. The molecule has 0 radical (unpaired) electrons. The van der Waals surface area contributed by atoms with Crippen molar-refractivity contribution in [3.63, 3.8) is 0 Å². The molecule has 1 amide bonds. The second kappa shape index (κ2) is 7.64. The van der Waals surface area contributed by atoms with Gasteiger partial charge in [0.25, 0.3) is 0 Å². The van der Waals surface area contributed by atoms with Crippen LogP contribution in [0.4, 0.5) is 5.69 Å². The molecule has 30 heavy (non-hydrogen) atoms. The van der Waals surface area contributed by atoms with Crippen LogP contribution in [-0.2, 0) is 11.3 Å². The van der Waals surface area contributed by atoms with Crippen LogP contribution >= 0.6 is 11.6 Å². The molecule has 10 nitrogen and oxygen atoms in total. The van der Waals surface area contributed by atoms with Gasteiger partial charge in [-0.1, -0.05) is 23.7 Å². The molecule has 2 aromatic heterocycles. The zero-order valence-corrected chi connectivity index (χ0v) is 16.4. The Morgan fingerprint density at radius 1 is 1.07 bits per heavy atom. The van der Waals surface area contributed by atoms with Gasteiger partial charge in [0.1, 0.15) is 6.54 Å². The summed E-state index contributed by atoms with van der Waals surface area (Å²) in [7, 11) is 0. The van der Waals surface area contributed by atoms with Crippen LogP contribution in [0.1, 0.15) is 18.9 Å². The number of amides is 1. The Labute approximate surface area is 175 Å². The van der Waals surface area contributed by atoms with Crippen molar-refractivity contribution in [3.05, 3.63) is 53.6 Å². The Balaban J connectivity index is 1.27. The van der Waals surface area contributed by atoms with Gasteiger partial charge in [0.15, 0.2) is 5.82 Å². The first-order chi connectivity index (χ1) is 14.7. The van der Waals surface area contributed by atoms with Crippen LogP contribution in [0.3, 0.4) is 0 Å². The van der Waals surface area contributed by atoms with Crippen molar-refractivity contribution in [1.82, 2.24) is 40.4 Å². The summed E-state index contributed by atoms with van der Waals surface area (Å²) in [6.45, 7) is -0.0649. The van der Waals surface area contributed by atoms with Gasteiger partial charge in [-0.15, -0.1) is 15.3 Å². The summed E-state index contributed by atoms with van der Waals surface area (Å²) >= 11 is 5.89. The van der Waals surface area contributed by atoms with E-state index in [2.05, 4.69) is 36.3 Å². The minimum Gasteiger partial charge on any atom is -0.324 e. The lowest BCUT2D eigenvalue weighted by Crippen LogP contribution is -2.20. The summed E-state index contributed by atoms with van der Waals surface area (Å²) in [6, 6.07) is 14.9. The first-order valence-electron chi connectivity index (χ1n) is 9.37. The molecular formula is C19H16ClN9O. The van der Waals surface area contributed by atoms with E-state index in [0.29, 0.717) is 28.4 Å². The number of hydrogen-bond donors (Lipinski definition) is 1.